The Hall–Kier alpha value is -1.88. The molecule has 0 saturated carbocycles. The quantitative estimate of drug-likeness (QED) is 0.602. The van der Waals surface area contributed by atoms with Crippen LogP contribution in [0.5, 0.6) is 11.5 Å². The van der Waals surface area contributed by atoms with Crippen molar-refractivity contribution in [3.05, 3.63) is 59.1 Å². The number of hydrogen-bond acceptors (Lipinski definition) is 4. The van der Waals surface area contributed by atoms with Crippen LogP contribution < -0.4 is 4.74 Å². The maximum Gasteiger partial charge on any atom is 0.252 e. The molecular weight excluding hydrogens is 292 g/mol. The highest BCUT2D eigenvalue weighted by molar-refractivity contribution is 6.30. The molecule has 21 heavy (non-hydrogen) atoms. The van der Waals surface area contributed by atoms with Gasteiger partial charge in [-0.05, 0) is 48.5 Å². The van der Waals surface area contributed by atoms with Crippen molar-refractivity contribution in [1.82, 2.24) is 0 Å². The lowest BCUT2D eigenvalue weighted by Gasteiger charge is -2.25. The van der Waals surface area contributed by atoms with Gasteiger partial charge in [-0.15, -0.1) is 0 Å². The summed E-state index contributed by atoms with van der Waals surface area (Å²) in [5.74, 6) is -0.0842. The van der Waals surface area contributed by atoms with Gasteiger partial charge in [-0.25, -0.2) is 0 Å². The van der Waals surface area contributed by atoms with Crippen LogP contribution in [0, 0.1) is 0 Å². The highest BCUT2D eigenvalue weighted by atomic mass is 35.5. The predicted molar refractivity (Wildman–Crippen MR) is 79.7 cm³/mol. The molecule has 0 fully saturated rings. The molecule has 0 radical (unpaired) electrons. The van der Waals surface area contributed by atoms with E-state index in [-0.39, 0.29) is 0 Å². The Balaban J connectivity index is 2.18. The molecule has 4 nitrogen and oxygen atoms in total. The molecule has 0 atom stereocenters. The van der Waals surface area contributed by atoms with E-state index >= 15 is 0 Å². The number of benzene rings is 2. The van der Waals surface area contributed by atoms with Crippen molar-refractivity contribution in [3.63, 3.8) is 0 Å². The predicted octanol–water partition coefficient (Wildman–Crippen LogP) is 3.78. The van der Waals surface area contributed by atoms with Crippen LogP contribution in [-0.2, 0) is 20.1 Å². The van der Waals surface area contributed by atoms with Crippen molar-refractivity contribution in [2.45, 2.75) is 5.79 Å². The second-order valence-electron chi connectivity index (χ2n) is 4.27. The van der Waals surface area contributed by atoms with Gasteiger partial charge in [0.05, 0.1) is 0 Å². The Morgan fingerprint density at radius 3 is 1.81 bits per heavy atom. The standard InChI is InChI=1S/C16H15ClO4/c1-19-16(11-18,20-2)12-3-7-14(8-4-12)21-15-9-5-13(17)6-10-15/h3-11H,1-2H3. The van der Waals surface area contributed by atoms with E-state index in [1.54, 1.807) is 48.5 Å². The maximum atomic E-state index is 11.2. The van der Waals surface area contributed by atoms with Crippen LogP contribution in [-0.4, -0.2) is 20.5 Å². The number of carbonyl (C=O) groups is 1. The van der Waals surface area contributed by atoms with Gasteiger partial charge in [0.1, 0.15) is 11.5 Å². The Morgan fingerprint density at radius 2 is 1.38 bits per heavy atom. The van der Waals surface area contributed by atoms with Crippen LogP contribution in [0.25, 0.3) is 0 Å². The molecule has 0 aromatic heterocycles. The third-order valence-corrected chi connectivity index (χ3v) is 3.32. The molecule has 5 heteroatoms. The molecule has 0 aliphatic heterocycles. The first kappa shape index (κ1) is 15.5. The summed E-state index contributed by atoms with van der Waals surface area (Å²) in [4.78, 5) is 11.2. The summed E-state index contributed by atoms with van der Waals surface area (Å²) in [6.45, 7) is 0. The number of methoxy groups -OCH3 is 2. The largest absolute Gasteiger partial charge is 0.457 e. The van der Waals surface area contributed by atoms with Gasteiger partial charge >= 0.3 is 0 Å². The SMILES string of the molecule is COC(C=O)(OC)c1ccc(Oc2ccc(Cl)cc2)cc1. The summed E-state index contributed by atoms with van der Waals surface area (Å²) in [6.07, 6.45) is 0.613. The second kappa shape index (κ2) is 6.72. The summed E-state index contributed by atoms with van der Waals surface area (Å²) in [6, 6.07) is 13.9. The molecule has 0 amide bonds. The van der Waals surface area contributed by atoms with E-state index in [0.717, 1.165) is 0 Å². The minimum Gasteiger partial charge on any atom is -0.457 e. The second-order valence-corrected chi connectivity index (χ2v) is 4.71. The summed E-state index contributed by atoms with van der Waals surface area (Å²) in [5, 5.41) is 0.647. The Labute approximate surface area is 128 Å². The molecule has 0 N–H and O–H groups in total. The fourth-order valence-corrected chi connectivity index (χ4v) is 2.00. The summed E-state index contributed by atoms with van der Waals surface area (Å²) in [7, 11) is 2.83. The zero-order valence-corrected chi connectivity index (χ0v) is 12.5. The van der Waals surface area contributed by atoms with E-state index in [4.69, 9.17) is 25.8 Å². The van der Waals surface area contributed by atoms with Gasteiger partial charge in [-0.2, -0.15) is 0 Å². The van der Waals surface area contributed by atoms with E-state index in [9.17, 15) is 4.79 Å². The van der Waals surface area contributed by atoms with Crippen molar-refractivity contribution in [1.29, 1.82) is 0 Å². The van der Waals surface area contributed by atoms with Crippen LogP contribution in [0.1, 0.15) is 5.56 Å². The van der Waals surface area contributed by atoms with Crippen LogP contribution >= 0.6 is 11.6 Å². The normalized spacial score (nSPS) is 11.2. The Kier molecular flexibility index (Phi) is 4.96. The van der Waals surface area contributed by atoms with E-state index < -0.39 is 5.79 Å². The molecule has 0 aliphatic rings. The Bertz CT molecular complexity index is 589. The number of ether oxygens (including phenoxy) is 3. The molecule has 2 aromatic rings. The molecule has 0 aliphatic carbocycles. The zero-order valence-electron chi connectivity index (χ0n) is 11.7. The van der Waals surface area contributed by atoms with Crippen molar-refractivity contribution in [2.75, 3.05) is 14.2 Å². The van der Waals surface area contributed by atoms with Crippen LogP contribution in [0.4, 0.5) is 0 Å². The maximum absolute atomic E-state index is 11.2. The van der Waals surface area contributed by atoms with Gasteiger partial charge in [0.2, 0.25) is 0 Å². The molecule has 0 heterocycles. The molecule has 0 spiro atoms. The van der Waals surface area contributed by atoms with E-state index in [1.165, 1.54) is 14.2 Å². The van der Waals surface area contributed by atoms with Crippen LogP contribution in [0.15, 0.2) is 48.5 Å². The molecule has 2 rings (SSSR count). The van der Waals surface area contributed by atoms with Gasteiger partial charge in [-0.3, -0.25) is 4.79 Å². The lowest BCUT2D eigenvalue weighted by atomic mass is 10.1. The first-order chi connectivity index (χ1) is 10.1. The lowest BCUT2D eigenvalue weighted by molar-refractivity contribution is -0.201. The minimum atomic E-state index is -1.39. The number of carbonyl (C=O) groups excluding carboxylic acids is 1. The number of aldehydes is 1. The summed E-state index contributed by atoms with van der Waals surface area (Å²) < 4.78 is 16.0. The smallest absolute Gasteiger partial charge is 0.252 e. The number of halogens is 1. The third-order valence-electron chi connectivity index (χ3n) is 3.07. The van der Waals surface area contributed by atoms with E-state index in [1.807, 2.05) is 0 Å². The van der Waals surface area contributed by atoms with Gasteiger partial charge < -0.3 is 14.2 Å². The topological polar surface area (TPSA) is 44.8 Å². The molecule has 0 unspecified atom stereocenters. The average Bonchev–Trinajstić information content (AvgIpc) is 2.53. The number of hydrogen-bond donors (Lipinski definition) is 0. The van der Waals surface area contributed by atoms with Gasteiger partial charge in [0.25, 0.3) is 5.79 Å². The Morgan fingerprint density at radius 1 is 0.905 bits per heavy atom. The molecule has 110 valence electrons. The highest BCUT2D eigenvalue weighted by Crippen LogP contribution is 2.28. The van der Waals surface area contributed by atoms with E-state index in [0.29, 0.717) is 28.4 Å². The lowest BCUT2D eigenvalue weighted by Crippen LogP contribution is -2.32. The molecule has 2 aromatic carbocycles. The molecular formula is C16H15ClO4. The first-order valence-corrected chi connectivity index (χ1v) is 6.62. The zero-order chi connectivity index (χ0) is 15.3. The fraction of sp³-hybridized carbons (Fsp3) is 0.188. The molecule has 0 saturated heterocycles. The molecule has 0 bridgehead atoms. The fourth-order valence-electron chi connectivity index (χ4n) is 1.88. The highest BCUT2D eigenvalue weighted by Gasteiger charge is 2.31. The summed E-state index contributed by atoms with van der Waals surface area (Å²) in [5.41, 5.74) is 0.589. The third kappa shape index (κ3) is 3.42. The van der Waals surface area contributed by atoms with Gasteiger partial charge in [0.15, 0.2) is 6.29 Å². The first-order valence-electron chi connectivity index (χ1n) is 6.24. The van der Waals surface area contributed by atoms with Crippen molar-refractivity contribution in [2.24, 2.45) is 0 Å². The van der Waals surface area contributed by atoms with Crippen LogP contribution in [0.3, 0.4) is 0 Å². The van der Waals surface area contributed by atoms with E-state index in [2.05, 4.69) is 0 Å². The van der Waals surface area contributed by atoms with Gasteiger partial charge in [-0.1, -0.05) is 11.6 Å². The van der Waals surface area contributed by atoms with Gasteiger partial charge in [0, 0.05) is 24.8 Å². The van der Waals surface area contributed by atoms with Crippen molar-refractivity contribution in [3.8, 4) is 11.5 Å². The van der Waals surface area contributed by atoms with Crippen LogP contribution in [0.2, 0.25) is 5.02 Å². The monoisotopic (exact) mass is 306 g/mol. The minimum absolute atomic E-state index is 0.589. The number of rotatable bonds is 6. The average molecular weight is 307 g/mol. The van der Waals surface area contributed by atoms with Crippen molar-refractivity contribution >= 4 is 17.9 Å². The summed E-state index contributed by atoms with van der Waals surface area (Å²) >= 11 is 5.82. The van der Waals surface area contributed by atoms with Crippen molar-refractivity contribution < 1.29 is 19.0 Å².